The zero-order chi connectivity index (χ0) is 31.5. The lowest BCUT2D eigenvalue weighted by Crippen LogP contribution is -2.55. The predicted molar refractivity (Wildman–Crippen MR) is 182 cm³/mol. The maximum absolute atomic E-state index is 14.4. The maximum Gasteiger partial charge on any atom is 0.258 e. The number of ketones is 1. The van der Waals surface area contributed by atoms with Gasteiger partial charge in [-0.3, -0.25) is 19.2 Å². The number of Topliss-reactive ketones (excluding diaryl/α,β-unsaturated/α-hetero) is 1. The maximum atomic E-state index is 14.4. The van der Waals surface area contributed by atoms with Gasteiger partial charge in [-0.15, -0.1) is 12.4 Å². The molecule has 1 aliphatic rings. The summed E-state index contributed by atoms with van der Waals surface area (Å²) in [5.41, 5.74) is 2.65. The number of para-hydroxylation sites is 2. The van der Waals surface area contributed by atoms with Gasteiger partial charge in [0.25, 0.3) is 11.8 Å². The molecule has 0 saturated carbocycles. The van der Waals surface area contributed by atoms with E-state index < -0.39 is 12.1 Å². The normalized spacial score (nSPS) is 15.0. The number of methoxy groups -OCH3 is 1. The molecule has 5 rings (SSSR count). The molecular formula is C34H34BrClN4O5. The Balaban J connectivity index is 0.00000461. The van der Waals surface area contributed by atoms with Crippen molar-refractivity contribution >= 4 is 74.0 Å². The van der Waals surface area contributed by atoms with E-state index >= 15 is 0 Å². The number of nitrogens with zero attached hydrogens (tertiary/aromatic N) is 2. The summed E-state index contributed by atoms with van der Waals surface area (Å²) in [6.45, 7) is 3.19. The van der Waals surface area contributed by atoms with Crippen LogP contribution in [0, 0.1) is 0 Å². The largest absolute Gasteiger partial charge is 0.496 e. The van der Waals surface area contributed by atoms with E-state index in [0.29, 0.717) is 28.3 Å². The van der Waals surface area contributed by atoms with Crippen LogP contribution in [0.2, 0.25) is 0 Å². The zero-order valence-corrected chi connectivity index (χ0v) is 27.7. The minimum atomic E-state index is -1.05. The van der Waals surface area contributed by atoms with E-state index in [1.165, 1.54) is 11.8 Å². The molecule has 0 bridgehead atoms. The van der Waals surface area contributed by atoms with Gasteiger partial charge in [0, 0.05) is 21.2 Å². The first kappa shape index (κ1) is 33.6. The molecule has 0 unspecified atom stereocenters. The summed E-state index contributed by atoms with van der Waals surface area (Å²) in [5, 5.41) is 7.65. The van der Waals surface area contributed by atoms with Crippen molar-refractivity contribution in [3.8, 4) is 5.75 Å². The summed E-state index contributed by atoms with van der Waals surface area (Å²) >= 11 is 3.54. The number of hydrogen-bond donors (Lipinski definition) is 2. The fourth-order valence-electron chi connectivity index (χ4n) is 5.34. The molecule has 11 heteroatoms. The third kappa shape index (κ3) is 6.88. The predicted octanol–water partition coefficient (Wildman–Crippen LogP) is 5.52. The molecule has 4 aromatic carbocycles. The quantitative estimate of drug-likeness (QED) is 0.236. The Kier molecular flexibility index (Phi) is 10.6. The number of likely N-dealkylation sites (N-methyl/N-ethyl adjacent to an activating group) is 1. The van der Waals surface area contributed by atoms with E-state index in [-0.39, 0.29) is 49.0 Å². The van der Waals surface area contributed by atoms with E-state index in [2.05, 4.69) is 26.6 Å². The summed E-state index contributed by atoms with van der Waals surface area (Å²) < 4.78 is 6.67. The monoisotopic (exact) mass is 692 g/mol. The summed E-state index contributed by atoms with van der Waals surface area (Å²) in [7, 11) is 3.24. The standard InChI is InChI=1S/C34H33BrN4O5.ClH/c1-20(36-3)32(41)37-28-19-39(33(42)23-11-9-22(10-12-23)21(2)40)30-8-6-5-7-29(30)38(34(28)43)18-27-26-15-14-25(35)17-24(26)13-16-31(27)44-4;/h5-17,20,28,36H,18-19H2,1-4H3,(H,37,41);1H/t20-,28+;/m1./s1. The number of carbonyl (C=O) groups excluding carboxylic acids is 4. The highest BCUT2D eigenvalue weighted by Crippen LogP contribution is 2.38. The van der Waals surface area contributed by atoms with Crippen molar-refractivity contribution in [3.63, 3.8) is 0 Å². The van der Waals surface area contributed by atoms with Crippen molar-refractivity contribution in [2.45, 2.75) is 32.5 Å². The topological polar surface area (TPSA) is 108 Å². The number of carbonyl (C=O) groups is 4. The molecule has 1 aliphatic heterocycles. The number of rotatable bonds is 8. The first-order chi connectivity index (χ1) is 21.1. The van der Waals surface area contributed by atoms with Gasteiger partial charge >= 0.3 is 0 Å². The van der Waals surface area contributed by atoms with Gasteiger partial charge in [-0.2, -0.15) is 0 Å². The van der Waals surface area contributed by atoms with Crippen molar-refractivity contribution < 1.29 is 23.9 Å². The fourth-order valence-corrected chi connectivity index (χ4v) is 5.72. The van der Waals surface area contributed by atoms with Crippen LogP contribution >= 0.6 is 28.3 Å². The molecule has 234 valence electrons. The van der Waals surface area contributed by atoms with Gasteiger partial charge in [0.1, 0.15) is 11.8 Å². The summed E-state index contributed by atoms with van der Waals surface area (Å²) in [6, 6.07) is 21.7. The first-order valence-corrected chi connectivity index (χ1v) is 15.0. The Labute approximate surface area is 276 Å². The van der Waals surface area contributed by atoms with E-state index in [1.807, 2.05) is 36.4 Å². The molecule has 0 aromatic heterocycles. The number of hydrogen-bond acceptors (Lipinski definition) is 6. The molecular weight excluding hydrogens is 660 g/mol. The van der Waals surface area contributed by atoms with E-state index in [4.69, 9.17) is 4.74 Å². The van der Waals surface area contributed by atoms with E-state index in [1.54, 1.807) is 68.4 Å². The van der Waals surface area contributed by atoms with Crippen molar-refractivity contribution in [2.24, 2.45) is 0 Å². The average molecular weight is 694 g/mol. The highest BCUT2D eigenvalue weighted by Gasteiger charge is 2.38. The second kappa shape index (κ2) is 14.2. The van der Waals surface area contributed by atoms with Crippen molar-refractivity contribution in [1.82, 2.24) is 10.6 Å². The lowest BCUT2D eigenvalue weighted by molar-refractivity contribution is -0.128. The van der Waals surface area contributed by atoms with Gasteiger partial charge in [0.2, 0.25) is 5.91 Å². The Morgan fingerprint density at radius 1 is 0.978 bits per heavy atom. The van der Waals surface area contributed by atoms with Crippen LogP contribution in [0.15, 0.2) is 83.3 Å². The molecule has 1 heterocycles. The molecule has 3 amide bonds. The highest BCUT2D eigenvalue weighted by molar-refractivity contribution is 9.10. The lowest BCUT2D eigenvalue weighted by atomic mass is 10.0. The first-order valence-electron chi connectivity index (χ1n) is 14.2. The zero-order valence-electron chi connectivity index (χ0n) is 25.3. The van der Waals surface area contributed by atoms with Crippen LogP contribution in [-0.4, -0.2) is 56.3 Å². The molecule has 9 nitrogen and oxygen atoms in total. The number of ether oxygens (including phenoxy) is 1. The average Bonchev–Trinajstić information content (AvgIpc) is 3.14. The molecule has 0 fully saturated rings. The molecule has 45 heavy (non-hydrogen) atoms. The lowest BCUT2D eigenvalue weighted by Gasteiger charge is -2.27. The fraction of sp³-hybridized carbons (Fsp3) is 0.235. The number of anilines is 2. The van der Waals surface area contributed by atoms with Gasteiger partial charge in [0.15, 0.2) is 5.78 Å². The molecule has 0 spiro atoms. The van der Waals surface area contributed by atoms with Crippen LogP contribution in [-0.2, 0) is 16.1 Å². The summed E-state index contributed by atoms with van der Waals surface area (Å²) in [6.07, 6.45) is 0. The number of benzene rings is 4. The van der Waals surface area contributed by atoms with Crippen LogP contribution in [0.3, 0.4) is 0 Å². The van der Waals surface area contributed by atoms with Crippen molar-refractivity contribution in [1.29, 1.82) is 0 Å². The van der Waals surface area contributed by atoms with Crippen LogP contribution in [0.5, 0.6) is 5.75 Å². The number of nitrogens with one attached hydrogen (secondary N) is 2. The Bertz CT molecular complexity index is 1760. The van der Waals surface area contributed by atoms with Crippen molar-refractivity contribution in [2.75, 3.05) is 30.5 Å². The van der Waals surface area contributed by atoms with E-state index in [0.717, 1.165) is 20.8 Å². The van der Waals surface area contributed by atoms with Gasteiger partial charge in [0.05, 0.1) is 37.6 Å². The van der Waals surface area contributed by atoms with Crippen LogP contribution in [0.25, 0.3) is 10.8 Å². The number of fused-ring (bicyclic) bond motifs is 2. The summed E-state index contributed by atoms with van der Waals surface area (Å²) in [4.78, 5) is 56.5. The number of halogens is 2. The van der Waals surface area contributed by atoms with Gasteiger partial charge in [-0.1, -0.05) is 52.3 Å². The second-order valence-electron chi connectivity index (χ2n) is 10.6. The number of amides is 3. The van der Waals surface area contributed by atoms with Crippen LogP contribution in [0.4, 0.5) is 11.4 Å². The highest BCUT2D eigenvalue weighted by atomic mass is 79.9. The summed E-state index contributed by atoms with van der Waals surface area (Å²) in [5.74, 6) is -0.606. The molecule has 2 atom stereocenters. The molecule has 2 N–H and O–H groups in total. The van der Waals surface area contributed by atoms with Gasteiger partial charge in [-0.25, -0.2) is 0 Å². The second-order valence-corrected chi connectivity index (χ2v) is 11.6. The molecule has 0 aliphatic carbocycles. The molecule has 0 radical (unpaired) electrons. The minimum absolute atomic E-state index is 0. The minimum Gasteiger partial charge on any atom is -0.496 e. The van der Waals surface area contributed by atoms with Crippen LogP contribution in [0.1, 0.15) is 40.1 Å². The van der Waals surface area contributed by atoms with Crippen molar-refractivity contribution in [3.05, 3.63) is 100 Å². The Morgan fingerprint density at radius 2 is 1.64 bits per heavy atom. The van der Waals surface area contributed by atoms with Gasteiger partial charge < -0.3 is 25.2 Å². The van der Waals surface area contributed by atoms with E-state index in [9.17, 15) is 19.2 Å². The molecule has 0 saturated heterocycles. The third-order valence-electron chi connectivity index (χ3n) is 7.91. The van der Waals surface area contributed by atoms with Gasteiger partial charge in [-0.05, 0) is 74.1 Å². The molecule has 4 aromatic rings. The van der Waals surface area contributed by atoms with Crippen LogP contribution < -0.4 is 25.2 Å². The SMILES string of the molecule is CN[C@H](C)C(=O)N[C@H]1CN(C(=O)c2ccc(C(C)=O)cc2)c2ccccc2N(Cc2c(OC)ccc3cc(Br)ccc23)C1=O.Cl. The Morgan fingerprint density at radius 3 is 2.29 bits per heavy atom. The smallest absolute Gasteiger partial charge is 0.258 e. The third-order valence-corrected chi connectivity index (χ3v) is 8.40. The Hall–Kier alpha value is -4.25.